The van der Waals surface area contributed by atoms with E-state index >= 15 is 0 Å². The molecule has 0 aliphatic rings. The maximum Gasteiger partial charge on any atom is 0.264 e. The highest BCUT2D eigenvalue weighted by molar-refractivity contribution is 7.92. The van der Waals surface area contributed by atoms with Crippen LogP contribution in [0, 0.1) is 13.8 Å². The molecule has 0 saturated heterocycles. The van der Waals surface area contributed by atoms with E-state index in [2.05, 4.69) is 10.6 Å². The van der Waals surface area contributed by atoms with Gasteiger partial charge in [0.2, 0.25) is 5.91 Å². The van der Waals surface area contributed by atoms with Crippen LogP contribution < -0.4 is 24.4 Å². The van der Waals surface area contributed by atoms with Crippen molar-refractivity contribution in [1.82, 2.24) is 5.32 Å². The van der Waals surface area contributed by atoms with Gasteiger partial charge in [-0.2, -0.15) is 0 Å². The van der Waals surface area contributed by atoms with E-state index in [-0.39, 0.29) is 22.1 Å². The number of ether oxygens (including phenoxy) is 2. The Hall–Kier alpha value is -4.83. The number of carbonyl (C=O) groups excluding carboxylic acids is 2. The number of anilines is 2. The van der Waals surface area contributed by atoms with E-state index in [1.807, 2.05) is 25.1 Å². The summed E-state index contributed by atoms with van der Waals surface area (Å²) < 4.78 is 39.1. The summed E-state index contributed by atoms with van der Waals surface area (Å²) >= 11 is 0. The summed E-state index contributed by atoms with van der Waals surface area (Å²) in [5.74, 6) is 0.251. The molecule has 0 fully saturated rings. The Labute approximate surface area is 252 Å². The van der Waals surface area contributed by atoms with Gasteiger partial charge >= 0.3 is 0 Å². The van der Waals surface area contributed by atoms with Gasteiger partial charge in [-0.25, -0.2) is 8.42 Å². The number of hydrogen-bond acceptors (Lipinski definition) is 6. The van der Waals surface area contributed by atoms with E-state index in [4.69, 9.17) is 9.47 Å². The lowest BCUT2D eigenvalue weighted by molar-refractivity contribution is -0.114. The zero-order chi connectivity index (χ0) is 31.0. The van der Waals surface area contributed by atoms with Gasteiger partial charge in [-0.1, -0.05) is 54.1 Å². The summed E-state index contributed by atoms with van der Waals surface area (Å²) in [5, 5.41) is 5.63. The average molecular weight is 602 g/mol. The topological polar surface area (TPSA) is 114 Å². The first-order valence-corrected chi connectivity index (χ1v) is 15.1. The van der Waals surface area contributed by atoms with Crippen LogP contribution in [0.5, 0.6) is 11.5 Å². The first-order valence-electron chi connectivity index (χ1n) is 13.7. The predicted molar refractivity (Wildman–Crippen MR) is 168 cm³/mol. The molecule has 0 bridgehead atoms. The van der Waals surface area contributed by atoms with Gasteiger partial charge in [-0.15, -0.1) is 0 Å². The Morgan fingerprint density at radius 2 is 1.51 bits per heavy atom. The van der Waals surface area contributed by atoms with E-state index in [1.165, 1.54) is 12.1 Å². The molecule has 0 heterocycles. The fourth-order valence-electron chi connectivity index (χ4n) is 4.67. The molecule has 0 atom stereocenters. The van der Waals surface area contributed by atoms with Crippen molar-refractivity contribution in [2.24, 2.45) is 0 Å². The predicted octanol–water partition coefficient (Wildman–Crippen LogP) is 5.13. The van der Waals surface area contributed by atoms with Crippen molar-refractivity contribution >= 4 is 33.2 Å². The highest BCUT2D eigenvalue weighted by Crippen LogP contribution is 2.29. The van der Waals surface area contributed by atoms with Crippen LogP contribution in [0.3, 0.4) is 0 Å². The summed E-state index contributed by atoms with van der Waals surface area (Å²) in [7, 11) is -0.946. The van der Waals surface area contributed by atoms with Crippen LogP contribution in [0.4, 0.5) is 11.4 Å². The molecule has 10 heteroatoms. The number of carbonyl (C=O) groups is 2. The third-order valence-corrected chi connectivity index (χ3v) is 8.61. The largest absolute Gasteiger partial charge is 0.493 e. The Kier molecular flexibility index (Phi) is 10.0. The first kappa shape index (κ1) is 31.1. The van der Waals surface area contributed by atoms with Crippen molar-refractivity contribution < 1.29 is 27.5 Å². The molecule has 2 N–H and O–H groups in total. The molecule has 0 unspecified atom stereocenters. The molecule has 0 aliphatic heterocycles. The molecular formula is C33H35N3O6S. The molecule has 224 valence electrons. The molecule has 4 aromatic carbocycles. The number of methoxy groups -OCH3 is 2. The number of para-hydroxylation sites is 1. The second-order valence-corrected chi connectivity index (χ2v) is 11.8. The van der Waals surface area contributed by atoms with Crippen molar-refractivity contribution in [3.8, 4) is 11.5 Å². The number of nitrogens with one attached hydrogen (secondary N) is 2. The van der Waals surface area contributed by atoms with E-state index in [0.717, 1.165) is 15.4 Å². The summed E-state index contributed by atoms with van der Waals surface area (Å²) in [6, 6.07) is 25.5. The van der Waals surface area contributed by atoms with Crippen LogP contribution in [0.1, 0.15) is 27.0 Å². The summed E-state index contributed by atoms with van der Waals surface area (Å²) in [4.78, 5) is 26.5. The van der Waals surface area contributed by atoms with Gasteiger partial charge in [-0.05, 0) is 73.9 Å². The second kappa shape index (κ2) is 13.9. The van der Waals surface area contributed by atoms with Crippen LogP contribution >= 0.6 is 0 Å². The van der Waals surface area contributed by atoms with Crippen LogP contribution in [-0.4, -0.2) is 47.5 Å². The number of hydrogen-bond donors (Lipinski definition) is 2. The van der Waals surface area contributed by atoms with Crippen molar-refractivity contribution in [3.05, 3.63) is 113 Å². The van der Waals surface area contributed by atoms with Gasteiger partial charge in [0.05, 0.1) is 36.1 Å². The van der Waals surface area contributed by atoms with E-state index < -0.39 is 22.5 Å². The number of benzene rings is 4. The van der Waals surface area contributed by atoms with Crippen LogP contribution in [0.2, 0.25) is 0 Å². The normalized spacial score (nSPS) is 11.0. The number of sulfonamides is 1. The molecule has 9 nitrogen and oxygen atoms in total. The molecule has 0 aromatic heterocycles. The summed E-state index contributed by atoms with van der Waals surface area (Å²) in [6.45, 7) is 3.56. The minimum absolute atomic E-state index is 0.0667. The van der Waals surface area contributed by atoms with Crippen LogP contribution in [-0.2, 0) is 21.2 Å². The van der Waals surface area contributed by atoms with Crippen LogP contribution in [0.25, 0.3) is 0 Å². The van der Waals surface area contributed by atoms with Crippen molar-refractivity contribution in [2.75, 3.05) is 36.9 Å². The van der Waals surface area contributed by atoms with Gasteiger partial charge in [0, 0.05) is 6.54 Å². The third kappa shape index (κ3) is 7.52. The maximum absolute atomic E-state index is 13.7. The molecule has 4 aromatic rings. The highest BCUT2D eigenvalue weighted by Gasteiger charge is 2.28. The Balaban J connectivity index is 1.50. The van der Waals surface area contributed by atoms with E-state index in [0.29, 0.717) is 35.7 Å². The molecule has 0 aliphatic carbocycles. The van der Waals surface area contributed by atoms with Crippen LogP contribution in [0.15, 0.2) is 95.9 Å². The fourth-order valence-corrected chi connectivity index (χ4v) is 6.17. The number of rotatable bonds is 12. The van der Waals surface area contributed by atoms with Gasteiger partial charge in [-0.3, -0.25) is 13.9 Å². The number of aryl methyl sites for hydroxylation is 2. The first-order chi connectivity index (χ1) is 20.6. The summed E-state index contributed by atoms with van der Waals surface area (Å²) in [6.07, 6.45) is 0.544. The Morgan fingerprint density at radius 1 is 0.814 bits per heavy atom. The SMILES string of the molecule is COc1ccc(CCNC(=O)c2ccccc2NC(=O)CN(c2ccc(C)cc2C)S(=O)(=O)c2ccccc2)cc1OC. The maximum atomic E-state index is 13.7. The quantitative estimate of drug-likeness (QED) is 0.233. The lowest BCUT2D eigenvalue weighted by Gasteiger charge is -2.26. The second-order valence-electron chi connectivity index (χ2n) is 9.90. The lowest BCUT2D eigenvalue weighted by Crippen LogP contribution is -2.39. The van der Waals surface area contributed by atoms with Gasteiger partial charge in [0.1, 0.15) is 6.54 Å². The summed E-state index contributed by atoms with van der Waals surface area (Å²) in [5.41, 5.74) is 3.55. The standard InChI is InChI=1S/C33H35N3O6S/c1-23-14-16-29(24(2)20-23)36(43(39,40)26-10-6-5-7-11-26)22-32(37)35-28-13-9-8-12-27(28)33(38)34-19-18-25-15-17-30(41-3)31(21-25)42-4/h5-17,20-21H,18-19,22H2,1-4H3,(H,34,38)(H,35,37). The molecular weight excluding hydrogens is 566 g/mol. The minimum Gasteiger partial charge on any atom is -0.493 e. The number of nitrogens with zero attached hydrogens (tertiary/aromatic N) is 1. The van der Waals surface area contributed by atoms with Gasteiger partial charge < -0.3 is 20.1 Å². The minimum atomic E-state index is -4.07. The average Bonchev–Trinajstić information content (AvgIpc) is 3.00. The molecule has 2 amide bonds. The van der Waals surface area contributed by atoms with Gasteiger partial charge in [0.25, 0.3) is 15.9 Å². The molecule has 0 radical (unpaired) electrons. The zero-order valence-electron chi connectivity index (χ0n) is 24.6. The smallest absolute Gasteiger partial charge is 0.264 e. The lowest BCUT2D eigenvalue weighted by atomic mass is 10.1. The van der Waals surface area contributed by atoms with Gasteiger partial charge in [0.15, 0.2) is 11.5 Å². The van der Waals surface area contributed by atoms with Crippen molar-refractivity contribution in [1.29, 1.82) is 0 Å². The Morgan fingerprint density at radius 3 is 2.21 bits per heavy atom. The van der Waals surface area contributed by atoms with Crippen molar-refractivity contribution in [3.63, 3.8) is 0 Å². The van der Waals surface area contributed by atoms with E-state index in [1.54, 1.807) is 81.8 Å². The molecule has 43 heavy (non-hydrogen) atoms. The zero-order valence-corrected chi connectivity index (χ0v) is 25.4. The fraction of sp³-hybridized carbons (Fsp3) is 0.212. The van der Waals surface area contributed by atoms with Crippen molar-refractivity contribution in [2.45, 2.75) is 25.2 Å². The molecule has 0 spiro atoms. The van der Waals surface area contributed by atoms with E-state index in [9.17, 15) is 18.0 Å². The Bertz CT molecular complexity index is 1710. The molecule has 0 saturated carbocycles. The third-order valence-electron chi connectivity index (χ3n) is 6.83. The number of amides is 2. The molecule has 4 rings (SSSR count). The highest BCUT2D eigenvalue weighted by atomic mass is 32.2. The monoisotopic (exact) mass is 601 g/mol.